The van der Waals surface area contributed by atoms with E-state index in [0.29, 0.717) is 11.8 Å². The summed E-state index contributed by atoms with van der Waals surface area (Å²) < 4.78 is 9.69. The van der Waals surface area contributed by atoms with Gasteiger partial charge < -0.3 is 39.9 Å². The molecule has 4 amide bonds. The van der Waals surface area contributed by atoms with E-state index in [1.54, 1.807) is 0 Å². The smallest absolute Gasteiger partial charge is 0.407 e. The lowest BCUT2D eigenvalue weighted by atomic mass is 9.76. The van der Waals surface area contributed by atoms with Crippen molar-refractivity contribution in [1.82, 2.24) is 40.4 Å². The van der Waals surface area contributed by atoms with E-state index in [1.807, 2.05) is 49.9 Å². The molecule has 69 heavy (non-hydrogen) atoms. The molecule has 5 fully saturated rings. The number of fused-ring (bicyclic) bond motifs is 4. The number of carbonyl (C=O) groups is 4. The first-order valence-corrected chi connectivity index (χ1v) is 25.2. The van der Waals surface area contributed by atoms with Gasteiger partial charge in [-0.15, -0.1) is 0 Å². The number of aromatic amines is 2. The first-order chi connectivity index (χ1) is 33.4. The average Bonchev–Trinajstić information content (AvgIpc) is 3.82. The summed E-state index contributed by atoms with van der Waals surface area (Å²) in [5.74, 6) is 2.10. The molecular formula is C55H64N8O6. The molecule has 0 bridgehead atoms. The second kappa shape index (κ2) is 17.5. The molecule has 8 atom stereocenters. The van der Waals surface area contributed by atoms with Crippen LogP contribution >= 0.6 is 0 Å². The van der Waals surface area contributed by atoms with Crippen molar-refractivity contribution >= 4 is 24.0 Å². The number of aromatic nitrogens is 4. The van der Waals surface area contributed by atoms with Crippen molar-refractivity contribution in [2.75, 3.05) is 14.2 Å². The zero-order valence-corrected chi connectivity index (χ0v) is 40.5. The van der Waals surface area contributed by atoms with E-state index in [-0.39, 0.29) is 53.2 Å². The quantitative estimate of drug-likeness (QED) is 0.0957. The van der Waals surface area contributed by atoms with Gasteiger partial charge in [-0.1, -0.05) is 101 Å². The van der Waals surface area contributed by atoms with Crippen molar-refractivity contribution in [3.8, 4) is 44.8 Å². The third-order valence-corrected chi connectivity index (χ3v) is 16.6. The Balaban J connectivity index is 0.823. The normalized spacial score (nSPS) is 24.5. The third-order valence-electron chi connectivity index (χ3n) is 16.6. The maximum absolute atomic E-state index is 14.0. The Kier molecular flexibility index (Phi) is 11.4. The predicted molar refractivity (Wildman–Crippen MR) is 261 cm³/mol. The summed E-state index contributed by atoms with van der Waals surface area (Å²) in [7, 11) is 2.63. The summed E-state index contributed by atoms with van der Waals surface area (Å²) in [6.45, 7) is 7.75. The number of imidazole rings is 2. The standard InChI is InChI=1S/C55H64N8O6/c1-29(2)47(60-53(66)68-5)51(64)62-42-23-35(42)25-44(62)49-56-27-40(58-49)33-13-9-31(10-14-33)37-17-18-38(46-39(37)19-22-55(46)20-7-8-21-55)32-11-15-34(16-12-32)41-28-57-50(59-41)45-26-36-24-43(36)63(45)52(65)48(30(3)4)61-54(67)69-6/h9-18,27-30,35-36,42-45,47-48H,7-8,19-26H2,1-6H3,(H,56,58)(H,57,59)(H,60,66)(H,61,67)/t35?,36?,42?,43?,44-,45-,47-,48-/m0/s1. The van der Waals surface area contributed by atoms with E-state index in [2.05, 4.69) is 81.3 Å². The van der Waals surface area contributed by atoms with Crippen LogP contribution in [0.15, 0.2) is 73.1 Å². The van der Waals surface area contributed by atoms with Crippen LogP contribution in [0.1, 0.15) is 120 Å². The van der Waals surface area contributed by atoms with E-state index < -0.39 is 24.3 Å². The molecule has 6 aliphatic rings. The summed E-state index contributed by atoms with van der Waals surface area (Å²) >= 11 is 0. The molecule has 3 aromatic carbocycles. The number of alkyl carbamates (subject to hydrolysis) is 2. The van der Waals surface area contributed by atoms with E-state index >= 15 is 0 Å². The number of benzene rings is 3. The Labute approximate surface area is 403 Å². The van der Waals surface area contributed by atoms with Gasteiger partial charge in [0.2, 0.25) is 11.8 Å². The molecule has 4 aliphatic carbocycles. The van der Waals surface area contributed by atoms with Crippen molar-refractivity contribution in [2.24, 2.45) is 23.7 Å². The van der Waals surface area contributed by atoms with Gasteiger partial charge in [-0.05, 0) is 125 Å². The summed E-state index contributed by atoms with van der Waals surface area (Å²) in [4.78, 5) is 73.0. The van der Waals surface area contributed by atoms with E-state index in [1.165, 1.54) is 79.7 Å². The largest absolute Gasteiger partial charge is 0.453 e. The zero-order chi connectivity index (χ0) is 47.9. The minimum absolute atomic E-state index is 0.0838. The first-order valence-electron chi connectivity index (χ1n) is 25.2. The molecule has 2 aromatic heterocycles. The van der Waals surface area contributed by atoms with E-state index in [9.17, 15) is 19.2 Å². The van der Waals surface area contributed by atoms with Crippen LogP contribution in [-0.4, -0.2) is 92.1 Å². The molecule has 2 saturated heterocycles. The number of H-pyrrole nitrogens is 2. The van der Waals surface area contributed by atoms with Crippen molar-refractivity contribution in [3.63, 3.8) is 0 Å². The maximum Gasteiger partial charge on any atom is 0.407 e. The highest BCUT2D eigenvalue weighted by Gasteiger charge is 2.57. The summed E-state index contributed by atoms with van der Waals surface area (Å²) in [6, 6.07) is 21.0. The van der Waals surface area contributed by atoms with Crippen LogP contribution in [0.5, 0.6) is 0 Å². The van der Waals surface area contributed by atoms with Crippen LogP contribution in [0.3, 0.4) is 0 Å². The topological polar surface area (TPSA) is 175 Å². The van der Waals surface area contributed by atoms with Gasteiger partial charge in [-0.25, -0.2) is 19.6 Å². The van der Waals surface area contributed by atoms with Gasteiger partial charge in [0.1, 0.15) is 23.7 Å². The molecule has 1 spiro atoms. The highest BCUT2D eigenvalue weighted by Crippen LogP contribution is 2.57. The number of rotatable bonds is 12. The van der Waals surface area contributed by atoms with Crippen LogP contribution in [0.25, 0.3) is 44.8 Å². The number of hydrogen-bond acceptors (Lipinski definition) is 8. The molecule has 5 aromatic rings. The molecule has 2 aliphatic heterocycles. The van der Waals surface area contributed by atoms with Gasteiger partial charge in [-0.3, -0.25) is 9.59 Å². The van der Waals surface area contributed by atoms with Crippen LogP contribution in [0.4, 0.5) is 9.59 Å². The number of amides is 4. The summed E-state index contributed by atoms with van der Waals surface area (Å²) in [5, 5.41) is 5.54. The Bertz CT molecular complexity index is 2790. The molecule has 3 saturated carbocycles. The molecule has 360 valence electrons. The molecule has 14 heteroatoms. The van der Waals surface area contributed by atoms with Crippen molar-refractivity contribution in [1.29, 1.82) is 0 Å². The van der Waals surface area contributed by atoms with Crippen LogP contribution < -0.4 is 10.6 Å². The van der Waals surface area contributed by atoms with E-state index in [4.69, 9.17) is 19.4 Å². The van der Waals surface area contributed by atoms with Gasteiger partial charge in [0.05, 0.1) is 50.1 Å². The zero-order valence-electron chi connectivity index (χ0n) is 40.5. The minimum Gasteiger partial charge on any atom is -0.453 e. The van der Waals surface area contributed by atoms with Gasteiger partial charge >= 0.3 is 12.2 Å². The monoisotopic (exact) mass is 932 g/mol. The Hall–Kier alpha value is -6.44. The van der Waals surface area contributed by atoms with Crippen molar-refractivity contribution < 1.29 is 28.7 Å². The fourth-order valence-corrected chi connectivity index (χ4v) is 12.8. The van der Waals surface area contributed by atoms with Gasteiger partial charge in [-0.2, -0.15) is 0 Å². The third kappa shape index (κ3) is 7.97. The molecule has 4 N–H and O–H groups in total. The molecule has 4 heterocycles. The van der Waals surface area contributed by atoms with Gasteiger partial charge in [0.15, 0.2) is 0 Å². The number of piperidine rings is 2. The highest BCUT2D eigenvalue weighted by atomic mass is 16.5. The van der Waals surface area contributed by atoms with Crippen LogP contribution in [-0.2, 0) is 30.9 Å². The highest BCUT2D eigenvalue weighted by molar-refractivity contribution is 5.88. The Morgan fingerprint density at radius 1 is 0.609 bits per heavy atom. The fraction of sp³-hybridized carbons (Fsp3) is 0.491. The number of nitrogens with one attached hydrogen (secondary N) is 4. The van der Waals surface area contributed by atoms with Crippen molar-refractivity contribution in [2.45, 2.75) is 134 Å². The summed E-state index contributed by atoms with van der Waals surface area (Å²) in [5.41, 5.74) is 12.1. The second-order valence-corrected chi connectivity index (χ2v) is 21.4. The fourth-order valence-electron chi connectivity index (χ4n) is 12.8. The van der Waals surface area contributed by atoms with Gasteiger partial charge in [0, 0.05) is 12.1 Å². The number of likely N-dealkylation sites (tertiary alicyclic amines) is 2. The number of carbonyl (C=O) groups excluding carboxylic acids is 4. The molecule has 4 unspecified atom stereocenters. The van der Waals surface area contributed by atoms with Crippen LogP contribution in [0.2, 0.25) is 0 Å². The number of nitrogens with zero attached hydrogens (tertiary/aromatic N) is 4. The second-order valence-electron chi connectivity index (χ2n) is 21.4. The average molecular weight is 933 g/mol. The van der Waals surface area contributed by atoms with Crippen LogP contribution in [0, 0.1) is 23.7 Å². The lowest BCUT2D eigenvalue weighted by molar-refractivity contribution is -0.137. The molecule has 0 radical (unpaired) electrons. The summed E-state index contributed by atoms with van der Waals surface area (Å²) in [6.07, 6.45) is 13.4. The number of ether oxygens (including phenoxy) is 2. The Morgan fingerprint density at radius 2 is 1.04 bits per heavy atom. The number of methoxy groups -OCH3 is 2. The molecule has 14 nitrogen and oxygen atoms in total. The molecule has 11 rings (SSSR count). The SMILES string of the molecule is COC(=O)N[C@H](C(=O)N1C2CC2C[C@H]1c1ncc(-c2ccc(-c3ccc(-c4ccc(-c5cnc([C@@H]6CC7CC7N6C(=O)[C@@H](NC(=O)OC)C(C)C)[nH]5)cc4)c4c3CCC43CCCC3)cc2)[nH]1)C(C)C. The van der Waals surface area contributed by atoms with E-state index in [0.717, 1.165) is 66.3 Å². The Morgan fingerprint density at radius 3 is 1.49 bits per heavy atom. The lowest BCUT2D eigenvalue weighted by Gasteiger charge is -2.31. The van der Waals surface area contributed by atoms with Crippen molar-refractivity contribution in [3.05, 3.63) is 95.8 Å². The maximum atomic E-state index is 14.0. The molecular weight excluding hydrogens is 869 g/mol. The van der Waals surface area contributed by atoms with Gasteiger partial charge in [0.25, 0.3) is 0 Å². The lowest BCUT2D eigenvalue weighted by Crippen LogP contribution is -2.52. The predicted octanol–water partition coefficient (Wildman–Crippen LogP) is 9.64. The first kappa shape index (κ1) is 45.0. The number of hydrogen-bond donors (Lipinski definition) is 4. The minimum atomic E-state index is -0.673.